The summed E-state index contributed by atoms with van der Waals surface area (Å²) in [4.78, 5) is 29.3. The lowest BCUT2D eigenvalue weighted by Gasteiger charge is -2.46. The van der Waals surface area contributed by atoms with Gasteiger partial charge in [-0.3, -0.25) is 9.59 Å². The fourth-order valence-corrected chi connectivity index (χ4v) is 4.50. The van der Waals surface area contributed by atoms with Crippen LogP contribution in [0, 0.1) is 5.92 Å². The van der Waals surface area contributed by atoms with Crippen LogP contribution in [0.15, 0.2) is 24.3 Å². The number of benzene rings is 1. The first-order valence-corrected chi connectivity index (χ1v) is 9.18. The van der Waals surface area contributed by atoms with Crippen LogP contribution in [0.3, 0.4) is 0 Å². The molecular weight excluding hydrogens is 310 g/mol. The van der Waals surface area contributed by atoms with Gasteiger partial charge < -0.3 is 9.80 Å². The van der Waals surface area contributed by atoms with Crippen LogP contribution in [0.4, 0.5) is 0 Å². The van der Waals surface area contributed by atoms with E-state index in [1.165, 1.54) is 11.1 Å². The zero-order valence-corrected chi connectivity index (χ0v) is 14.5. The number of carbonyl (C=O) groups excluding carboxylic acids is 2. The minimum Gasteiger partial charge on any atom is -0.332 e. The first-order chi connectivity index (χ1) is 11.9. The average Bonchev–Trinajstić information content (AvgIpc) is 2.61. The third kappa shape index (κ3) is 3.11. The second-order valence-corrected chi connectivity index (χ2v) is 7.78. The number of carbonyl (C=O) groups is 2. The van der Waals surface area contributed by atoms with E-state index in [2.05, 4.69) is 12.1 Å². The molecule has 1 aromatic carbocycles. The fourth-order valence-electron chi connectivity index (χ4n) is 4.50. The van der Waals surface area contributed by atoms with Gasteiger partial charge in [-0.05, 0) is 30.4 Å². The van der Waals surface area contributed by atoms with Crippen molar-refractivity contribution in [3.63, 3.8) is 0 Å². The Bertz CT molecular complexity index is 696. The summed E-state index contributed by atoms with van der Waals surface area (Å²) >= 11 is 0. The molecule has 126 valence electrons. The van der Waals surface area contributed by atoms with Gasteiger partial charge in [-0.25, -0.2) is 0 Å². The number of nitrogens with zero attached hydrogens (tertiary/aromatic N) is 2. The van der Waals surface area contributed by atoms with E-state index in [-0.39, 0.29) is 30.3 Å². The molecule has 6 heteroatoms. The number of amides is 2. The molecule has 1 aliphatic carbocycles. The van der Waals surface area contributed by atoms with Crippen LogP contribution in [0.25, 0.3) is 0 Å². The lowest BCUT2D eigenvalue weighted by atomic mass is 9.47. The Balaban J connectivity index is 1.52. The lowest BCUT2D eigenvalue weighted by molar-refractivity contribution is -0.152. The van der Waals surface area contributed by atoms with E-state index >= 15 is 0 Å². The monoisotopic (exact) mass is 332 g/mol. The van der Waals surface area contributed by atoms with Crippen LogP contribution in [0.1, 0.15) is 42.9 Å². The van der Waals surface area contributed by atoms with Crippen molar-refractivity contribution in [1.82, 2.24) is 9.80 Å². The molecule has 1 atom stereocenters. The van der Waals surface area contributed by atoms with Gasteiger partial charge in [0.25, 0.3) is 0 Å². The smallest absolute Gasteiger partial charge is 0.242 e. The average molecular weight is 332 g/mol. The van der Waals surface area contributed by atoms with E-state index in [0.29, 0.717) is 32.2 Å². The van der Waals surface area contributed by atoms with E-state index in [9.17, 15) is 9.59 Å². The molecule has 3 aliphatic rings. The van der Waals surface area contributed by atoms with Crippen LogP contribution in [-0.4, -0.2) is 56.9 Å². The van der Waals surface area contributed by atoms with Crippen molar-refractivity contribution >= 4 is 27.5 Å². The molecule has 0 unspecified atom stereocenters. The number of fused-ring (bicyclic) bond motifs is 3. The summed E-state index contributed by atoms with van der Waals surface area (Å²) in [5.74, 6) is 0.0897. The highest BCUT2D eigenvalue weighted by atomic mass is 16.2. The van der Waals surface area contributed by atoms with Gasteiger partial charge in [-0.2, -0.15) is 0 Å². The van der Waals surface area contributed by atoms with E-state index < -0.39 is 5.21 Å². The maximum Gasteiger partial charge on any atom is 0.242 e. The molecule has 0 spiro atoms. The van der Waals surface area contributed by atoms with Crippen molar-refractivity contribution in [2.45, 2.75) is 43.4 Å². The van der Waals surface area contributed by atoms with Crippen molar-refractivity contribution in [3.8, 4) is 0 Å². The molecule has 25 heavy (non-hydrogen) atoms. The predicted molar refractivity (Wildman–Crippen MR) is 97.3 cm³/mol. The molecule has 4 radical (unpaired) electrons. The Morgan fingerprint density at radius 2 is 1.88 bits per heavy atom. The number of hydrogen-bond donors (Lipinski definition) is 0. The third-order valence-electron chi connectivity index (χ3n) is 6.03. The van der Waals surface area contributed by atoms with E-state index in [1.54, 1.807) is 4.90 Å². The summed E-state index contributed by atoms with van der Waals surface area (Å²) in [6, 6.07) is 8.25. The van der Waals surface area contributed by atoms with E-state index in [1.807, 2.05) is 17.0 Å². The molecule has 0 N–H and O–H groups in total. The van der Waals surface area contributed by atoms with Gasteiger partial charge in [0.2, 0.25) is 11.8 Å². The van der Waals surface area contributed by atoms with Crippen molar-refractivity contribution in [2.75, 3.05) is 19.6 Å². The lowest BCUT2D eigenvalue weighted by Crippen LogP contribution is -2.56. The molecular formula is C19H22B2N2O2. The molecule has 4 rings (SSSR count). The summed E-state index contributed by atoms with van der Waals surface area (Å²) in [6.45, 7) is 1.54. The second kappa shape index (κ2) is 6.22. The molecule has 2 aliphatic heterocycles. The number of rotatable bonds is 1. The summed E-state index contributed by atoms with van der Waals surface area (Å²) in [5, 5.41) is -0.645. The van der Waals surface area contributed by atoms with Crippen molar-refractivity contribution in [2.24, 2.45) is 5.92 Å². The maximum absolute atomic E-state index is 13.0. The Morgan fingerprint density at radius 3 is 2.64 bits per heavy atom. The van der Waals surface area contributed by atoms with Gasteiger partial charge in [0.05, 0.1) is 28.3 Å². The predicted octanol–water partition coefficient (Wildman–Crippen LogP) is 1.60. The van der Waals surface area contributed by atoms with Crippen molar-refractivity contribution in [3.05, 3.63) is 35.4 Å². The summed E-state index contributed by atoms with van der Waals surface area (Å²) in [6.07, 6.45) is 3.63. The molecule has 4 nitrogen and oxygen atoms in total. The highest BCUT2D eigenvalue weighted by molar-refractivity contribution is 6.39. The van der Waals surface area contributed by atoms with Crippen LogP contribution >= 0.6 is 0 Å². The molecule has 0 aromatic heterocycles. The molecule has 1 aromatic rings. The molecule has 1 saturated carbocycles. The molecule has 2 amide bonds. The van der Waals surface area contributed by atoms with Crippen molar-refractivity contribution < 1.29 is 9.59 Å². The third-order valence-corrected chi connectivity index (χ3v) is 6.03. The van der Waals surface area contributed by atoms with E-state index in [4.69, 9.17) is 15.7 Å². The minimum absolute atomic E-state index is 0.0122. The first kappa shape index (κ1) is 16.7. The molecule has 1 saturated heterocycles. The van der Waals surface area contributed by atoms with Gasteiger partial charge in [-0.15, -0.1) is 0 Å². The quantitative estimate of drug-likeness (QED) is 0.733. The molecule has 2 heterocycles. The van der Waals surface area contributed by atoms with Crippen molar-refractivity contribution in [1.29, 1.82) is 0 Å². The van der Waals surface area contributed by atoms with Crippen LogP contribution in [-0.2, 0) is 16.0 Å². The Kier molecular flexibility index (Phi) is 4.17. The van der Waals surface area contributed by atoms with Gasteiger partial charge in [0, 0.05) is 19.0 Å². The summed E-state index contributed by atoms with van der Waals surface area (Å²) in [5.41, 5.74) is 2.48. The number of hydrogen-bond acceptors (Lipinski definition) is 2. The highest BCUT2D eigenvalue weighted by Crippen LogP contribution is 2.40. The van der Waals surface area contributed by atoms with Gasteiger partial charge in [0.1, 0.15) is 0 Å². The zero-order chi connectivity index (χ0) is 17.6. The Hall–Kier alpha value is -1.71. The standard InChI is InChI=1S/C19H22B2N2O2/c20-19(21)8-5-14(6-9-19)18(25)22-11-16-15-4-2-1-3-13(15)7-10-23(16)17(24)12-22/h1-4,14,16H,5-12H2/t16-/m0/s1. The molecule has 2 fully saturated rings. The van der Waals surface area contributed by atoms with Gasteiger partial charge in [0.15, 0.2) is 0 Å². The first-order valence-electron chi connectivity index (χ1n) is 9.18. The maximum atomic E-state index is 13.0. The van der Waals surface area contributed by atoms with Crippen LogP contribution < -0.4 is 0 Å². The molecule has 0 bridgehead atoms. The highest BCUT2D eigenvalue weighted by Gasteiger charge is 2.40. The van der Waals surface area contributed by atoms with Gasteiger partial charge in [-0.1, -0.05) is 42.3 Å². The number of piperazine rings is 1. The SMILES string of the molecule is [B]C1([B])CCC(C(=O)N2CC(=O)N3CCc4ccccc4[C@@H]3C2)CC1. The van der Waals surface area contributed by atoms with E-state index in [0.717, 1.165) is 13.0 Å². The Morgan fingerprint density at radius 1 is 1.16 bits per heavy atom. The Labute approximate surface area is 151 Å². The zero-order valence-electron chi connectivity index (χ0n) is 14.5. The fraction of sp³-hybridized carbons (Fsp3) is 0.579. The summed E-state index contributed by atoms with van der Waals surface area (Å²) < 4.78 is 0. The topological polar surface area (TPSA) is 40.6 Å². The van der Waals surface area contributed by atoms with Crippen LogP contribution in [0.5, 0.6) is 0 Å². The normalized spacial score (nSPS) is 26.1. The van der Waals surface area contributed by atoms with Crippen LogP contribution in [0.2, 0.25) is 5.21 Å². The largest absolute Gasteiger partial charge is 0.332 e. The minimum atomic E-state index is -0.645. The van der Waals surface area contributed by atoms with Gasteiger partial charge >= 0.3 is 0 Å². The second-order valence-electron chi connectivity index (χ2n) is 7.78. The summed E-state index contributed by atoms with van der Waals surface area (Å²) in [7, 11) is 11.9.